The molecule has 4 nitrogen and oxygen atoms in total. The Hall–Kier alpha value is -1.66. The minimum atomic E-state index is -0.663. The molecule has 1 atom stereocenters. The summed E-state index contributed by atoms with van der Waals surface area (Å²) in [6.07, 6.45) is 1.39. The van der Waals surface area contributed by atoms with Crippen LogP contribution in [0, 0.1) is 5.82 Å². The molecule has 2 N–H and O–H groups in total. The van der Waals surface area contributed by atoms with E-state index in [-0.39, 0.29) is 17.4 Å². The molecule has 0 aromatic carbocycles. The molecule has 1 amide bonds. The number of nitrogens with zero attached hydrogens (tertiary/aromatic N) is 1. The van der Waals surface area contributed by atoms with Crippen LogP contribution in [-0.4, -0.2) is 17.9 Å². The molecule has 2 aromatic rings. The maximum absolute atomic E-state index is 14.0. The lowest BCUT2D eigenvalue weighted by atomic mass is 10.2. The molecule has 7 heteroatoms. The van der Waals surface area contributed by atoms with Crippen LogP contribution in [0.4, 0.5) is 10.2 Å². The van der Waals surface area contributed by atoms with E-state index in [2.05, 4.69) is 15.6 Å². The lowest BCUT2D eigenvalue weighted by Crippen LogP contribution is -2.27. The zero-order chi connectivity index (χ0) is 14.7. The Morgan fingerprint density at radius 3 is 2.80 bits per heavy atom. The summed E-state index contributed by atoms with van der Waals surface area (Å²) in [4.78, 5) is 16.8. The Morgan fingerprint density at radius 2 is 2.20 bits per heavy atom. The standard InChI is InChI=1S/C13H13ClFN3OS/c1-7(9-3-4-10(14)20-9)18-13(19)8-5-6-17-12(16-2)11(8)15/h3-7H,1-2H3,(H,16,17)(H,18,19). The second-order valence-electron chi connectivity index (χ2n) is 4.11. The monoisotopic (exact) mass is 313 g/mol. The summed E-state index contributed by atoms with van der Waals surface area (Å²) in [5.74, 6) is -1.10. The molecule has 1 unspecified atom stereocenters. The average Bonchev–Trinajstić information content (AvgIpc) is 2.85. The Kier molecular flexibility index (Phi) is 4.57. The Labute approximate surface area is 125 Å². The number of carbonyl (C=O) groups is 1. The van der Waals surface area contributed by atoms with Gasteiger partial charge >= 0.3 is 0 Å². The fourth-order valence-electron chi connectivity index (χ4n) is 1.70. The third kappa shape index (κ3) is 3.08. The van der Waals surface area contributed by atoms with E-state index in [0.717, 1.165) is 4.88 Å². The van der Waals surface area contributed by atoms with E-state index < -0.39 is 11.7 Å². The van der Waals surface area contributed by atoms with Crippen molar-refractivity contribution < 1.29 is 9.18 Å². The normalized spacial score (nSPS) is 12.0. The van der Waals surface area contributed by atoms with Crippen LogP contribution in [0.3, 0.4) is 0 Å². The first kappa shape index (κ1) is 14.7. The van der Waals surface area contributed by atoms with Crippen LogP contribution in [0.5, 0.6) is 0 Å². The van der Waals surface area contributed by atoms with Crippen LogP contribution in [0.1, 0.15) is 28.2 Å². The highest BCUT2D eigenvalue weighted by Gasteiger charge is 2.18. The molecule has 0 spiro atoms. The number of nitrogens with one attached hydrogen (secondary N) is 2. The first-order valence-electron chi connectivity index (χ1n) is 5.91. The molecule has 0 aliphatic heterocycles. The smallest absolute Gasteiger partial charge is 0.254 e. The predicted octanol–water partition coefficient (Wildman–Crippen LogP) is 3.47. The summed E-state index contributed by atoms with van der Waals surface area (Å²) in [6, 6.07) is 4.70. The molecular formula is C13H13ClFN3OS. The van der Waals surface area contributed by atoms with E-state index in [9.17, 15) is 9.18 Å². The van der Waals surface area contributed by atoms with Gasteiger partial charge in [0.25, 0.3) is 5.91 Å². The third-order valence-electron chi connectivity index (χ3n) is 2.74. The third-order valence-corrected chi connectivity index (χ3v) is 4.15. The highest BCUT2D eigenvalue weighted by atomic mass is 35.5. The maximum Gasteiger partial charge on any atom is 0.254 e. The molecule has 0 bridgehead atoms. The van der Waals surface area contributed by atoms with Gasteiger partial charge in [0.15, 0.2) is 11.6 Å². The van der Waals surface area contributed by atoms with Crippen molar-refractivity contribution in [1.29, 1.82) is 0 Å². The van der Waals surface area contributed by atoms with E-state index in [0.29, 0.717) is 4.34 Å². The molecule has 20 heavy (non-hydrogen) atoms. The first-order chi connectivity index (χ1) is 9.52. The maximum atomic E-state index is 14.0. The Balaban J connectivity index is 2.16. The van der Waals surface area contributed by atoms with Crippen molar-refractivity contribution in [2.45, 2.75) is 13.0 Å². The molecule has 0 fully saturated rings. The Morgan fingerprint density at radius 1 is 1.45 bits per heavy atom. The minimum Gasteiger partial charge on any atom is -0.371 e. The van der Waals surface area contributed by atoms with Crippen molar-refractivity contribution in [3.8, 4) is 0 Å². The number of thiophene rings is 1. The van der Waals surface area contributed by atoms with Crippen molar-refractivity contribution in [2.24, 2.45) is 0 Å². The van der Waals surface area contributed by atoms with Crippen LogP contribution in [0.15, 0.2) is 24.4 Å². The molecule has 0 saturated heterocycles. The van der Waals surface area contributed by atoms with Crippen molar-refractivity contribution in [3.63, 3.8) is 0 Å². The molecule has 106 valence electrons. The zero-order valence-electron chi connectivity index (χ0n) is 10.9. The summed E-state index contributed by atoms with van der Waals surface area (Å²) >= 11 is 7.23. The average molecular weight is 314 g/mol. The molecule has 2 rings (SSSR count). The number of hydrogen-bond donors (Lipinski definition) is 2. The van der Waals surface area contributed by atoms with E-state index in [1.807, 2.05) is 13.0 Å². The van der Waals surface area contributed by atoms with E-state index in [1.165, 1.54) is 23.6 Å². The quantitative estimate of drug-likeness (QED) is 0.908. The lowest BCUT2D eigenvalue weighted by Gasteiger charge is -2.13. The molecule has 2 aromatic heterocycles. The van der Waals surface area contributed by atoms with Gasteiger partial charge < -0.3 is 10.6 Å². The molecule has 0 aliphatic rings. The molecule has 0 saturated carbocycles. The fourth-order valence-corrected chi connectivity index (χ4v) is 2.76. The number of pyridine rings is 1. The second kappa shape index (κ2) is 6.19. The van der Waals surface area contributed by atoms with Crippen molar-refractivity contribution in [2.75, 3.05) is 12.4 Å². The summed E-state index contributed by atoms with van der Waals surface area (Å²) in [6.45, 7) is 1.82. The van der Waals surface area contributed by atoms with E-state index >= 15 is 0 Å². The van der Waals surface area contributed by atoms with Crippen LogP contribution in [0.25, 0.3) is 0 Å². The van der Waals surface area contributed by atoms with Gasteiger partial charge in [-0.05, 0) is 25.1 Å². The molecule has 0 radical (unpaired) electrons. The largest absolute Gasteiger partial charge is 0.371 e. The van der Waals surface area contributed by atoms with Gasteiger partial charge in [-0.1, -0.05) is 11.6 Å². The van der Waals surface area contributed by atoms with Crippen LogP contribution >= 0.6 is 22.9 Å². The van der Waals surface area contributed by atoms with Gasteiger partial charge in [-0.2, -0.15) is 0 Å². The summed E-state index contributed by atoms with van der Waals surface area (Å²) < 4.78 is 14.6. The van der Waals surface area contributed by atoms with Gasteiger partial charge in [0.2, 0.25) is 0 Å². The van der Waals surface area contributed by atoms with Crippen molar-refractivity contribution >= 4 is 34.7 Å². The SMILES string of the molecule is CNc1nccc(C(=O)NC(C)c2ccc(Cl)s2)c1F. The first-order valence-corrected chi connectivity index (χ1v) is 7.10. The Bertz CT molecular complexity index is 632. The van der Waals surface area contributed by atoms with Gasteiger partial charge in [0.1, 0.15) is 0 Å². The lowest BCUT2D eigenvalue weighted by molar-refractivity contribution is 0.0936. The highest BCUT2D eigenvalue weighted by molar-refractivity contribution is 7.16. The van der Waals surface area contributed by atoms with E-state index in [4.69, 9.17) is 11.6 Å². The fraction of sp³-hybridized carbons (Fsp3) is 0.231. The number of aromatic nitrogens is 1. The number of anilines is 1. The predicted molar refractivity (Wildman–Crippen MR) is 79.0 cm³/mol. The minimum absolute atomic E-state index is 0.0427. The van der Waals surface area contributed by atoms with Crippen molar-refractivity contribution in [3.05, 3.63) is 45.0 Å². The van der Waals surface area contributed by atoms with Gasteiger partial charge in [-0.3, -0.25) is 4.79 Å². The van der Waals surface area contributed by atoms with Crippen molar-refractivity contribution in [1.82, 2.24) is 10.3 Å². The number of rotatable bonds is 4. The number of amides is 1. The number of halogens is 2. The van der Waals surface area contributed by atoms with Gasteiger partial charge in [0.05, 0.1) is 15.9 Å². The van der Waals surface area contributed by atoms with Crippen LogP contribution in [0.2, 0.25) is 4.34 Å². The topological polar surface area (TPSA) is 54.0 Å². The van der Waals surface area contributed by atoms with Gasteiger partial charge in [0, 0.05) is 18.1 Å². The van der Waals surface area contributed by atoms with Crippen LogP contribution in [-0.2, 0) is 0 Å². The van der Waals surface area contributed by atoms with E-state index in [1.54, 1.807) is 13.1 Å². The second-order valence-corrected chi connectivity index (χ2v) is 5.85. The number of carbonyl (C=O) groups excluding carboxylic acids is 1. The summed E-state index contributed by atoms with van der Waals surface area (Å²) in [5, 5.41) is 5.33. The zero-order valence-corrected chi connectivity index (χ0v) is 12.5. The van der Waals surface area contributed by atoms with Gasteiger partial charge in [-0.25, -0.2) is 9.37 Å². The van der Waals surface area contributed by atoms with Gasteiger partial charge in [-0.15, -0.1) is 11.3 Å². The summed E-state index contributed by atoms with van der Waals surface area (Å²) in [7, 11) is 1.55. The molecular weight excluding hydrogens is 301 g/mol. The summed E-state index contributed by atoms with van der Waals surface area (Å²) in [5.41, 5.74) is -0.0427. The number of hydrogen-bond acceptors (Lipinski definition) is 4. The molecule has 2 heterocycles. The van der Waals surface area contributed by atoms with Crippen LogP contribution < -0.4 is 10.6 Å². The molecule has 0 aliphatic carbocycles. The highest BCUT2D eigenvalue weighted by Crippen LogP contribution is 2.27.